The molecule has 4 N–H and O–H groups in total. The molecular weight excluding hydrogens is 452 g/mol. The lowest BCUT2D eigenvalue weighted by atomic mass is 10.1. The second-order valence-corrected chi connectivity index (χ2v) is 6.46. The van der Waals surface area contributed by atoms with Gasteiger partial charge in [0.2, 0.25) is 11.8 Å². The number of halogens is 3. The van der Waals surface area contributed by atoms with Crippen molar-refractivity contribution < 1.29 is 28.6 Å². The Morgan fingerprint density at radius 2 is 1.41 bits per heavy atom. The lowest BCUT2D eigenvalue weighted by molar-refractivity contribution is -0.115. The van der Waals surface area contributed by atoms with Crippen molar-refractivity contribution >= 4 is 44.8 Å². The van der Waals surface area contributed by atoms with E-state index in [9.17, 15) is 18.4 Å². The van der Waals surface area contributed by atoms with Gasteiger partial charge in [0, 0.05) is 29.4 Å². The summed E-state index contributed by atoms with van der Waals surface area (Å²) in [6, 6.07) is 5.65. The molecule has 154 valence electrons. The highest BCUT2D eigenvalue weighted by Gasteiger charge is 2.13. The van der Waals surface area contributed by atoms with Gasteiger partial charge < -0.3 is 20.8 Å². The van der Waals surface area contributed by atoms with Crippen LogP contribution >= 0.6 is 15.9 Å². The van der Waals surface area contributed by atoms with Crippen molar-refractivity contribution in [2.24, 2.45) is 0 Å². The lowest BCUT2D eigenvalue weighted by Gasteiger charge is -2.08. The van der Waals surface area contributed by atoms with Crippen LogP contribution in [0.5, 0.6) is 0 Å². The summed E-state index contributed by atoms with van der Waals surface area (Å²) in [6.45, 7) is 8.31. The van der Waals surface area contributed by atoms with E-state index in [1.165, 1.54) is 32.0 Å². The molecule has 0 aromatic heterocycles. The smallest absolute Gasteiger partial charge is 0.221 e. The summed E-state index contributed by atoms with van der Waals surface area (Å²) in [5.41, 5.74) is 0.125. The van der Waals surface area contributed by atoms with Crippen molar-refractivity contribution in [2.45, 2.75) is 27.1 Å². The van der Waals surface area contributed by atoms with E-state index in [-0.39, 0.29) is 34.1 Å². The Labute approximate surface area is 174 Å². The zero-order valence-corrected chi connectivity index (χ0v) is 17.1. The highest BCUT2D eigenvalue weighted by atomic mass is 79.9. The van der Waals surface area contributed by atoms with Crippen LogP contribution in [0, 0.1) is 18.2 Å². The van der Waals surface area contributed by atoms with Gasteiger partial charge in [0.15, 0.2) is 11.5 Å². The fraction of sp³-hybridized carbons (Fsp3) is 0.211. The molecule has 0 aliphatic carbocycles. The Hall–Kier alpha value is -2.87. The number of anilines is 2. The monoisotopic (exact) mass is 469 g/mol. The minimum Gasteiger partial charge on any atom is -0.393 e. The van der Waals surface area contributed by atoms with Gasteiger partial charge in [-0.2, -0.15) is 0 Å². The van der Waals surface area contributed by atoms with Gasteiger partial charge >= 0.3 is 0 Å². The third-order valence-electron chi connectivity index (χ3n) is 3.46. The third-order valence-corrected chi connectivity index (χ3v) is 4.21. The molecule has 0 atom stereocenters. The average Bonchev–Trinajstić information content (AvgIpc) is 2.66. The van der Waals surface area contributed by atoms with E-state index < -0.39 is 30.8 Å². The Balaban J connectivity index is 0.000000291. The number of aliphatic hydroxyl groups is 2. The molecule has 2 amide bonds. The van der Waals surface area contributed by atoms with Crippen molar-refractivity contribution in [1.82, 2.24) is 0 Å². The lowest BCUT2D eigenvalue weighted by Crippen LogP contribution is -2.09. The SMILES string of the molecule is CC(=O)Nc1ccc(Br)c(CO)c1F.[C-]#[N+]c1ccc(NC(C)=O)c(F)c1CO. The Morgan fingerprint density at radius 1 is 0.966 bits per heavy atom. The minimum absolute atomic E-state index is 0.0287. The molecule has 0 aliphatic heterocycles. The van der Waals surface area contributed by atoms with Crippen LogP contribution in [0.25, 0.3) is 4.85 Å². The molecule has 7 nitrogen and oxygen atoms in total. The second kappa shape index (κ2) is 11.2. The van der Waals surface area contributed by atoms with Crippen LogP contribution in [-0.4, -0.2) is 22.0 Å². The third kappa shape index (κ3) is 6.60. The fourth-order valence-electron chi connectivity index (χ4n) is 2.18. The summed E-state index contributed by atoms with van der Waals surface area (Å²) in [5, 5.41) is 22.4. The van der Waals surface area contributed by atoms with Crippen molar-refractivity contribution in [3.63, 3.8) is 0 Å². The van der Waals surface area contributed by atoms with Gasteiger partial charge in [0.25, 0.3) is 0 Å². The van der Waals surface area contributed by atoms with Gasteiger partial charge in [-0.15, -0.1) is 0 Å². The van der Waals surface area contributed by atoms with Crippen LogP contribution in [0.4, 0.5) is 25.8 Å². The van der Waals surface area contributed by atoms with E-state index >= 15 is 0 Å². The Morgan fingerprint density at radius 3 is 1.83 bits per heavy atom. The van der Waals surface area contributed by atoms with Gasteiger partial charge in [-0.05, 0) is 18.2 Å². The van der Waals surface area contributed by atoms with Crippen LogP contribution in [0.1, 0.15) is 25.0 Å². The number of nitrogens with zero attached hydrogens (tertiary/aromatic N) is 1. The number of hydrogen-bond donors (Lipinski definition) is 4. The summed E-state index contributed by atoms with van der Waals surface area (Å²) < 4.78 is 27.5. The van der Waals surface area contributed by atoms with Crippen molar-refractivity contribution in [1.29, 1.82) is 0 Å². The van der Waals surface area contributed by atoms with Gasteiger partial charge in [-0.1, -0.05) is 22.0 Å². The summed E-state index contributed by atoms with van der Waals surface area (Å²) >= 11 is 3.09. The first kappa shape index (κ1) is 24.2. The number of carbonyl (C=O) groups is 2. The maximum Gasteiger partial charge on any atom is 0.221 e. The molecule has 0 bridgehead atoms. The number of hydrogen-bond acceptors (Lipinski definition) is 4. The molecule has 0 saturated carbocycles. The van der Waals surface area contributed by atoms with E-state index in [4.69, 9.17) is 16.8 Å². The summed E-state index contributed by atoms with van der Waals surface area (Å²) in [5.74, 6) is -2.14. The zero-order valence-electron chi connectivity index (χ0n) is 15.5. The van der Waals surface area contributed by atoms with Gasteiger partial charge in [-0.25, -0.2) is 13.6 Å². The zero-order chi connectivity index (χ0) is 22.1. The second-order valence-electron chi connectivity index (χ2n) is 5.60. The first-order valence-corrected chi connectivity index (χ1v) is 8.88. The predicted molar refractivity (Wildman–Crippen MR) is 107 cm³/mol. The van der Waals surface area contributed by atoms with Crippen LogP contribution in [-0.2, 0) is 22.8 Å². The normalized spacial score (nSPS) is 9.72. The van der Waals surface area contributed by atoms with Crippen molar-refractivity contribution in [3.05, 3.63) is 62.9 Å². The minimum atomic E-state index is -0.763. The average molecular weight is 470 g/mol. The number of amides is 2. The van der Waals surface area contributed by atoms with Gasteiger partial charge in [-0.3, -0.25) is 9.59 Å². The number of benzene rings is 2. The molecule has 0 aliphatic rings. The topological polar surface area (TPSA) is 103 Å². The molecule has 0 fully saturated rings. The van der Waals surface area contributed by atoms with E-state index in [0.717, 1.165) is 0 Å². The van der Waals surface area contributed by atoms with E-state index in [0.29, 0.717) is 4.47 Å². The maximum atomic E-state index is 13.6. The van der Waals surface area contributed by atoms with Gasteiger partial charge in [0.1, 0.15) is 5.82 Å². The van der Waals surface area contributed by atoms with Crippen LogP contribution in [0.2, 0.25) is 0 Å². The number of aliphatic hydroxyl groups excluding tert-OH is 2. The quantitative estimate of drug-likeness (QED) is 0.510. The standard InChI is InChI=1S/C10H9FN2O2.C9H9BrFNO2/c1-6(15)13-9-4-3-8(12-2)7(5-14)10(9)11;1-5(14)12-8-3-2-7(10)6(4-13)9(8)11/h3-4,14H,5H2,1H3,(H,13,15);2-3,13H,4H2,1H3,(H,12,14). The molecule has 2 rings (SSSR count). The predicted octanol–water partition coefficient (Wildman–Crippen LogP) is 3.87. The molecule has 29 heavy (non-hydrogen) atoms. The number of nitrogens with one attached hydrogen (secondary N) is 2. The number of rotatable bonds is 4. The molecule has 0 radical (unpaired) electrons. The van der Waals surface area contributed by atoms with Crippen LogP contribution in [0.3, 0.4) is 0 Å². The molecule has 2 aromatic carbocycles. The van der Waals surface area contributed by atoms with E-state index in [1.54, 1.807) is 6.07 Å². The maximum absolute atomic E-state index is 13.6. The van der Waals surface area contributed by atoms with Crippen LogP contribution in [0.15, 0.2) is 28.7 Å². The molecule has 0 spiro atoms. The summed E-state index contributed by atoms with van der Waals surface area (Å²) in [4.78, 5) is 24.5. The summed E-state index contributed by atoms with van der Waals surface area (Å²) in [6.07, 6.45) is 0. The first-order chi connectivity index (χ1) is 13.7. The molecule has 2 aromatic rings. The molecule has 0 unspecified atom stereocenters. The Kier molecular flexibility index (Phi) is 9.34. The Bertz CT molecular complexity index is 961. The van der Waals surface area contributed by atoms with Crippen LogP contribution < -0.4 is 10.6 Å². The molecule has 10 heteroatoms. The summed E-state index contributed by atoms with van der Waals surface area (Å²) in [7, 11) is 0. The van der Waals surface area contributed by atoms with Crippen molar-refractivity contribution in [2.75, 3.05) is 10.6 Å². The highest BCUT2D eigenvalue weighted by Crippen LogP contribution is 2.28. The van der Waals surface area contributed by atoms with Crippen molar-refractivity contribution in [3.8, 4) is 0 Å². The highest BCUT2D eigenvalue weighted by molar-refractivity contribution is 9.10. The molecular formula is C19H18BrF2N3O4. The van der Waals surface area contributed by atoms with Gasteiger partial charge in [0.05, 0.1) is 31.2 Å². The molecule has 0 saturated heterocycles. The van der Waals surface area contributed by atoms with E-state index in [2.05, 4.69) is 31.4 Å². The number of carbonyl (C=O) groups excluding carboxylic acids is 2. The molecule has 0 heterocycles. The van der Waals surface area contributed by atoms with E-state index in [1.807, 2.05) is 0 Å². The largest absolute Gasteiger partial charge is 0.393 e. The fourth-order valence-corrected chi connectivity index (χ4v) is 2.61. The first-order valence-electron chi connectivity index (χ1n) is 8.08.